The van der Waals surface area contributed by atoms with Crippen LogP contribution in [0.3, 0.4) is 0 Å². The molecule has 0 unspecified atom stereocenters. The molecule has 3 aromatic carbocycles. The van der Waals surface area contributed by atoms with Crippen molar-refractivity contribution in [3.8, 4) is 0 Å². The molecule has 5 rings (SSSR count). The minimum Gasteiger partial charge on any atom is -0.379 e. The van der Waals surface area contributed by atoms with Crippen molar-refractivity contribution in [1.29, 1.82) is 0 Å². The van der Waals surface area contributed by atoms with E-state index in [0.717, 1.165) is 68.4 Å². The third kappa shape index (κ3) is 6.16. The van der Waals surface area contributed by atoms with Crippen LogP contribution in [-0.4, -0.2) is 63.9 Å². The third-order valence-electron chi connectivity index (χ3n) is 6.96. The molecule has 2 heterocycles. The van der Waals surface area contributed by atoms with Crippen LogP contribution in [0.2, 0.25) is 5.02 Å². The van der Waals surface area contributed by atoms with Crippen molar-refractivity contribution in [3.05, 3.63) is 111 Å². The molecule has 38 heavy (non-hydrogen) atoms. The van der Waals surface area contributed by atoms with Gasteiger partial charge in [-0.1, -0.05) is 48.0 Å². The van der Waals surface area contributed by atoms with E-state index in [4.69, 9.17) is 16.3 Å². The van der Waals surface area contributed by atoms with Gasteiger partial charge in [0.1, 0.15) is 11.6 Å². The average molecular weight is 559 g/mol. The fraction of sp³-hybridized carbons (Fsp3) is 0.310. The normalized spacial score (nSPS) is 17.7. The van der Waals surface area contributed by atoms with Crippen molar-refractivity contribution in [2.45, 2.75) is 12.6 Å². The molecule has 0 saturated carbocycles. The predicted molar refractivity (Wildman–Crippen MR) is 146 cm³/mol. The number of hydrogen-bond acceptors (Lipinski definition) is 5. The number of rotatable bonds is 7. The fourth-order valence-corrected chi connectivity index (χ4v) is 6.54. The topological polar surface area (TPSA) is 49.9 Å². The zero-order valence-corrected chi connectivity index (χ0v) is 22.6. The van der Waals surface area contributed by atoms with Gasteiger partial charge in [0, 0.05) is 50.1 Å². The molecule has 2 saturated heterocycles. The third-order valence-corrected chi connectivity index (χ3v) is 8.48. The van der Waals surface area contributed by atoms with Crippen LogP contribution in [0.1, 0.15) is 28.3 Å². The molecule has 0 amide bonds. The van der Waals surface area contributed by atoms with E-state index < -0.39 is 21.5 Å². The highest BCUT2D eigenvalue weighted by molar-refractivity contribution is 8.00. The summed E-state index contributed by atoms with van der Waals surface area (Å²) in [5.74, 6) is -1.62. The number of benzene rings is 3. The molecule has 2 aliphatic rings. The first-order chi connectivity index (χ1) is 18.2. The number of ether oxygens (including phenoxy) is 1. The van der Waals surface area contributed by atoms with Crippen LogP contribution in [0.4, 0.5) is 8.78 Å². The zero-order chi connectivity index (χ0) is 26.9. The number of sulfone groups is 1. The van der Waals surface area contributed by atoms with E-state index in [1.165, 1.54) is 5.56 Å². The largest absolute Gasteiger partial charge is 0.379 e. The summed E-state index contributed by atoms with van der Waals surface area (Å²) in [7, 11) is -3.73. The zero-order valence-electron chi connectivity index (χ0n) is 21.0. The van der Waals surface area contributed by atoms with Gasteiger partial charge >= 0.3 is 0 Å². The highest BCUT2D eigenvalue weighted by atomic mass is 35.5. The Morgan fingerprint density at radius 3 is 2.03 bits per heavy atom. The summed E-state index contributed by atoms with van der Waals surface area (Å²) in [5.41, 5.74) is 3.96. The van der Waals surface area contributed by atoms with E-state index in [0.29, 0.717) is 23.7 Å². The monoisotopic (exact) mass is 558 g/mol. The minimum absolute atomic E-state index is 0.0112. The van der Waals surface area contributed by atoms with Gasteiger partial charge in [0.25, 0.3) is 0 Å². The van der Waals surface area contributed by atoms with Crippen molar-refractivity contribution >= 4 is 26.3 Å². The quantitative estimate of drug-likeness (QED) is 0.393. The number of likely N-dealkylation sites (tertiary alicyclic amines) is 1. The van der Waals surface area contributed by atoms with Gasteiger partial charge in [0.15, 0.2) is 9.84 Å². The Labute approximate surface area is 227 Å². The lowest BCUT2D eigenvalue weighted by Gasteiger charge is -2.42. The maximum absolute atomic E-state index is 13.9. The van der Waals surface area contributed by atoms with Gasteiger partial charge in [0.05, 0.1) is 24.2 Å². The molecule has 2 fully saturated rings. The van der Waals surface area contributed by atoms with Crippen LogP contribution in [0.15, 0.2) is 72.3 Å². The molecule has 9 heteroatoms. The van der Waals surface area contributed by atoms with Crippen molar-refractivity contribution < 1.29 is 21.9 Å². The highest BCUT2D eigenvalue weighted by Crippen LogP contribution is 2.38. The highest BCUT2D eigenvalue weighted by Gasteiger charge is 2.35. The van der Waals surface area contributed by atoms with E-state index in [9.17, 15) is 17.2 Å². The van der Waals surface area contributed by atoms with Crippen molar-refractivity contribution in [3.63, 3.8) is 0 Å². The number of nitrogens with zero attached hydrogens (tertiary/aromatic N) is 2. The lowest BCUT2D eigenvalue weighted by Crippen LogP contribution is -2.44. The van der Waals surface area contributed by atoms with Gasteiger partial charge in [-0.15, -0.1) is 0 Å². The Bertz CT molecular complexity index is 1410. The fourth-order valence-electron chi connectivity index (χ4n) is 5.22. The van der Waals surface area contributed by atoms with Crippen molar-refractivity contribution in [2.24, 2.45) is 0 Å². The Morgan fingerprint density at radius 1 is 0.921 bits per heavy atom. The molecule has 3 aromatic rings. The van der Waals surface area contributed by atoms with Crippen LogP contribution in [-0.2, 0) is 21.1 Å². The first kappa shape index (κ1) is 27.0. The SMILES string of the molecule is CS(=O)(=O)C(=C1CN([C@@H](c2ccc(Cl)cc2)c2ccc(CN3CCOCC3)cc2)C1)c1cc(F)cc(F)c1. The number of morpholine rings is 1. The van der Waals surface area contributed by atoms with Crippen LogP contribution in [0.25, 0.3) is 4.91 Å². The lowest BCUT2D eigenvalue weighted by molar-refractivity contribution is 0.0342. The number of halogens is 3. The Hall–Kier alpha value is -2.62. The van der Waals surface area contributed by atoms with E-state index in [-0.39, 0.29) is 16.5 Å². The smallest absolute Gasteiger partial charge is 0.176 e. The second-order valence-electron chi connectivity index (χ2n) is 9.85. The summed E-state index contributed by atoms with van der Waals surface area (Å²) in [5, 5.41) is 0.630. The van der Waals surface area contributed by atoms with Crippen LogP contribution in [0.5, 0.6) is 0 Å². The molecular weight excluding hydrogens is 530 g/mol. The first-order valence-corrected chi connectivity index (χ1v) is 14.7. The summed E-state index contributed by atoms with van der Waals surface area (Å²) in [6.07, 6.45) is 1.07. The van der Waals surface area contributed by atoms with Gasteiger partial charge in [-0.3, -0.25) is 9.80 Å². The van der Waals surface area contributed by atoms with Crippen LogP contribution in [0, 0.1) is 11.6 Å². The van der Waals surface area contributed by atoms with Gasteiger partial charge in [-0.05, 0) is 52.1 Å². The van der Waals surface area contributed by atoms with Crippen LogP contribution >= 0.6 is 11.6 Å². The molecule has 200 valence electrons. The van der Waals surface area contributed by atoms with Crippen molar-refractivity contribution in [1.82, 2.24) is 9.80 Å². The second-order valence-corrected chi connectivity index (χ2v) is 12.2. The molecule has 0 radical (unpaired) electrons. The minimum atomic E-state index is -3.73. The molecular formula is C29H29ClF2N2O3S. The van der Waals surface area contributed by atoms with E-state index in [1.54, 1.807) is 0 Å². The van der Waals surface area contributed by atoms with Gasteiger partial charge in [0.2, 0.25) is 0 Å². The molecule has 0 aromatic heterocycles. The average Bonchev–Trinajstić information content (AvgIpc) is 2.84. The maximum atomic E-state index is 13.9. The van der Waals surface area contributed by atoms with E-state index in [2.05, 4.69) is 34.1 Å². The second kappa shape index (κ2) is 11.2. The molecule has 0 aliphatic carbocycles. The van der Waals surface area contributed by atoms with E-state index in [1.807, 2.05) is 24.3 Å². The summed E-state index contributed by atoms with van der Waals surface area (Å²) >= 11 is 6.15. The molecule has 0 N–H and O–H groups in total. The lowest BCUT2D eigenvalue weighted by atomic mass is 9.91. The summed E-state index contributed by atoms with van der Waals surface area (Å²) in [6.45, 7) is 4.88. The van der Waals surface area contributed by atoms with Gasteiger partial charge in [-0.2, -0.15) is 0 Å². The molecule has 2 aliphatic heterocycles. The molecule has 0 spiro atoms. The standard InChI is InChI=1S/C29H29ClF2N2O3S/c1-38(35,36)29(23-14-26(31)16-27(32)15-23)24-18-34(19-24)28(22-6-8-25(30)9-7-22)21-4-2-20(3-5-21)17-33-10-12-37-13-11-33/h2-9,14-16,28H,10-13,17-19H2,1H3/t28-/m1/s1. The van der Waals surface area contributed by atoms with Crippen LogP contribution < -0.4 is 0 Å². The van der Waals surface area contributed by atoms with Gasteiger partial charge in [-0.25, -0.2) is 17.2 Å². The summed E-state index contributed by atoms with van der Waals surface area (Å²) in [6, 6.07) is 18.8. The Morgan fingerprint density at radius 2 is 1.47 bits per heavy atom. The molecule has 0 bridgehead atoms. The Kier molecular flexibility index (Phi) is 7.98. The van der Waals surface area contributed by atoms with Gasteiger partial charge < -0.3 is 4.74 Å². The molecule has 5 nitrogen and oxygen atoms in total. The predicted octanol–water partition coefficient (Wildman–Crippen LogP) is 5.31. The van der Waals surface area contributed by atoms with E-state index >= 15 is 0 Å². The first-order valence-electron chi connectivity index (χ1n) is 12.4. The Balaban J connectivity index is 1.44. The molecule has 1 atom stereocenters. The summed E-state index contributed by atoms with van der Waals surface area (Å²) in [4.78, 5) is 4.50. The summed E-state index contributed by atoms with van der Waals surface area (Å²) < 4.78 is 58.7. The number of hydrogen-bond donors (Lipinski definition) is 0. The van der Waals surface area contributed by atoms with Crippen molar-refractivity contribution in [2.75, 3.05) is 45.6 Å². The maximum Gasteiger partial charge on any atom is 0.176 e.